The number of nitrogens with zero attached hydrogens (tertiary/aromatic N) is 1. The lowest BCUT2D eigenvalue weighted by Crippen LogP contribution is -2.27. The first-order chi connectivity index (χ1) is 5.07. The summed E-state index contributed by atoms with van der Waals surface area (Å²) in [5, 5.41) is 15.5. The van der Waals surface area contributed by atoms with E-state index in [2.05, 4.69) is 10.6 Å². The summed E-state index contributed by atoms with van der Waals surface area (Å²) >= 11 is 0. The molecule has 2 N–H and O–H groups in total. The van der Waals surface area contributed by atoms with E-state index in [4.69, 9.17) is 0 Å². The molecule has 0 atom stereocenters. The van der Waals surface area contributed by atoms with Crippen molar-refractivity contribution in [1.82, 2.24) is 10.6 Å². The van der Waals surface area contributed by atoms with Crippen LogP contribution in [-0.2, 0) is 0 Å². The predicted octanol–water partition coefficient (Wildman–Crippen LogP) is 0.279. The third-order valence-corrected chi connectivity index (χ3v) is 0.914. The number of nitrogens with one attached hydrogen (secondary N) is 2. The highest BCUT2D eigenvalue weighted by molar-refractivity contribution is 4.87. The molecule has 0 saturated heterocycles. The number of rotatable bonds is 4. The van der Waals surface area contributed by atoms with Gasteiger partial charge in [0.2, 0.25) is 0 Å². The van der Waals surface area contributed by atoms with E-state index in [0.29, 0.717) is 0 Å². The molecule has 0 saturated carbocycles. The van der Waals surface area contributed by atoms with Crippen LogP contribution in [0.15, 0.2) is 12.0 Å². The van der Waals surface area contributed by atoms with Crippen molar-refractivity contribution in [2.75, 3.05) is 7.05 Å². The molecule has 0 aromatic carbocycles. The van der Waals surface area contributed by atoms with E-state index >= 15 is 0 Å². The van der Waals surface area contributed by atoms with Crippen LogP contribution in [0.5, 0.6) is 0 Å². The molecule has 5 heteroatoms. The SMILES string of the molecule is CN/C=C(/NC(C)C)[N+](=O)[O-]. The maximum atomic E-state index is 10.3. The maximum absolute atomic E-state index is 10.3. The molecule has 0 aromatic rings. The molecule has 0 rings (SSSR count). The summed E-state index contributed by atoms with van der Waals surface area (Å²) in [6.07, 6.45) is 1.32. The van der Waals surface area contributed by atoms with E-state index in [1.54, 1.807) is 7.05 Å². The van der Waals surface area contributed by atoms with Gasteiger partial charge in [0, 0.05) is 7.05 Å². The summed E-state index contributed by atoms with van der Waals surface area (Å²) in [7, 11) is 1.62. The molecular weight excluding hydrogens is 146 g/mol. The Morgan fingerprint density at radius 3 is 2.45 bits per heavy atom. The van der Waals surface area contributed by atoms with Gasteiger partial charge in [0.15, 0.2) is 0 Å². The van der Waals surface area contributed by atoms with Gasteiger partial charge in [0.05, 0.1) is 12.2 Å². The van der Waals surface area contributed by atoms with Crippen molar-refractivity contribution < 1.29 is 4.92 Å². The van der Waals surface area contributed by atoms with Gasteiger partial charge in [-0.25, -0.2) is 0 Å². The molecule has 0 heterocycles. The second-order valence-electron chi connectivity index (χ2n) is 2.37. The largest absolute Gasteiger partial charge is 0.387 e. The zero-order valence-electron chi connectivity index (χ0n) is 6.92. The molecule has 5 nitrogen and oxygen atoms in total. The van der Waals surface area contributed by atoms with Crippen LogP contribution in [0.25, 0.3) is 0 Å². The van der Waals surface area contributed by atoms with Crippen LogP contribution in [0.3, 0.4) is 0 Å². The van der Waals surface area contributed by atoms with E-state index in [1.807, 2.05) is 13.8 Å². The normalized spacial score (nSPS) is 11.5. The highest BCUT2D eigenvalue weighted by Crippen LogP contribution is 1.90. The Hall–Kier alpha value is -1.26. The minimum absolute atomic E-state index is 0.0116. The van der Waals surface area contributed by atoms with E-state index in [1.165, 1.54) is 6.20 Å². The topological polar surface area (TPSA) is 67.2 Å². The average Bonchev–Trinajstić information content (AvgIpc) is 1.86. The standard InChI is InChI=1S/C6H13N3O2/c1-5(2)8-6(4-7-3)9(10)11/h4-5,7-8H,1-3H3/b6-4-. The fourth-order valence-corrected chi connectivity index (χ4v) is 0.580. The minimum Gasteiger partial charge on any atom is -0.387 e. The van der Waals surface area contributed by atoms with Crippen molar-refractivity contribution in [2.45, 2.75) is 19.9 Å². The van der Waals surface area contributed by atoms with Crippen molar-refractivity contribution in [3.63, 3.8) is 0 Å². The molecule has 0 aliphatic heterocycles. The van der Waals surface area contributed by atoms with Gasteiger partial charge in [-0.15, -0.1) is 0 Å². The average molecular weight is 159 g/mol. The molecule has 0 aliphatic carbocycles. The van der Waals surface area contributed by atoms with E-state index in [-0.39, 0.29) is 11.9 Å². The zero-order valence-corrected chi connectivity index (χ0v) is 6.92. The summed E-state index contributed by atoms with van der Waals surface area (Å²) in [6, 6.07) is 0.0694. The molecule has 64 valence electrons. The molecule has 0 spiro atoms. The first-order valence-corrected chi connectivity index (χ1v) is 3.36. The molecule has 0 aliphatic rings. The molecule has 0 amide bonds. The van der Waals surface area contributed by atoms with Crippen molar-refractivity contribution in [3.8, 4) is 0 Å². The van der Waals surface area contributed by atoms with Crippen LogP contribution in [0.2, 0.25) is 0 Å². The highest BCUT2D eigenvalue weighted by Gasteiger charge is 2.08. The van der Waals surface area contributed by atoms with Gasteiger partial charge in [-0.2, -0.15) is 0 Å². The van der Waals surface area contributed by atoms with Crippen LogP contribution in [0.4, 0.5) is 0 Å². The molecule has 0 aromatic heterocycles. The lowest BCUT2D eigenvalue weighted by atomic mass is 10.4. The minimum atomic E-state index is -0.462. The molecule has 11 heavy (non-hydrogen) atoms. The molecule has 0 bridgehead atoms. The molecule has 0 unspecified atom stereocenters. The quantitative estimate of drug-likeness (QED) is 0.456. The molecular formula is C6H13N3O2. The van der Waals surface area contributed by atoms with Crippen molar-refractivity contribution in [3.05, 3.63) is 22.1 Å². The predicted molar refractivity (Wildman–Crippen MR) is 42.4 cm³/mol. The van der Waals surface area contributed by atoms with Crippen molar-refractivity contribution in [1.29, 1.82) is 0 Å². The van der Waals surface area contributed by atoms with Gasteiger partial charge in [-0.05, 0) is 18.8 Å². The molecule has 0 fully saturated rings. The zero-order chi connectivity index (χ0) is 8.85. The Bertz CT molecular complexity index is 165. The fourth-order valence-electron chi connectivity index (χ4n) is 0.580. The van der Waals surface area contributed by atoms with Gasteiger partial charge in [0.1, 0.15) is 0 Å². The smallest absolute Gasteiger partial charge is 0.332 e. The summed E-state index contributed by atoms with van der Waals surface area (Å²) in [5.74, 6) is -0.0116. The van der Waals surface area contributed by atoms with E-state index in [9.17, 15) is 10.1 Å². The van der Waals surface area contributed by atoms with Gasteiger partial charge in [-0.3, -0.25) is 5.32 Å². The summed E-state index contributed by atoms with van der Waals surface area (Å²) < 4.78 is 0. The van der Waals surface area contributed by atoms with Crippen LogP contribution < -0.4 is 10.6 Å². The van der Waals surface area contributed by atoms with Gasteiger partial charge >= 0.3 is 5.82 Å². The Balaban J connectivity index is 4.12. The van der Waals surface area contributed by atoms with Crippen LogP contribution in [0, 0.1) is 10.1 Å². The van der Waals surface area contributed by atoms with Crippen LogP contribution in [-0.4, -0.2) is 18.0 Å². The molecule has 0 radical (unpaired) electrons. The van der Waals surface area contributed by atoms with Gasteiger partial charge < -0.3 is 15.4 Å². The Morgan fingerprint density at radius 1 is 1.64 bits per heavy atom. The Kier molecular flexibility index (Phi) is 4.02. The monoisotopic (exact) mass is 159 g/mol. The van der Waals surface area contributed by atoms with Crippen molar-refractivity contribution >= 4 is 0 Å². The lowest BCUT2D eigenvalue weighted by Gasteiger charge is -2.05. The summed E-state index contributed by atoms with van der Waals surface area (Å²) in [4.78, 5) is 9.80. The summed E-state index contributed by atoms with van der Waals surface area (Å²) in [5.41, 5.74) is 0. The second kappa shape index (κ2) is 4.54. The highest BCUT2D eigenvalue weighted by atomic mass is 16.6. The van der Waals surface area contributed by atoms with Crippen LogP contribution in [0.1, 0.15) is 13.8 Å². The lowest BCUT2D eigenvalue weighted by molar-refractivity contribution is -0.432. The Morgan fingerprint density at radius 2 is 2.18 bits per heavy atom. The Labute approximate surface area is 65.6 Å². The fraction of sp³-hybridized carbons (Fsp3) is 0.667. The van der Waals surface area contributed by atoms with Crippen molar-refractivity contribution in [2.24, 2.45) is 0 Å². The maximum Gasteiger partial charge on any atom is 0.332 e. The van der Waals surface area contributed by atoms with Crippen LogP contribution >= 0.6 is 0 Å². The van der Waals surface area contributed by atoms with E-state index in [0.717, 1.165) is 0 Å². The van der Waals surface area contributed by atoms with Gasteiger partial charge in [-0.1, -0.05) is 0 Å². The first-order valence-electron chi connectivity index (χ1n) is 3.36. The number of nitro groups is 1. The third-order valence-electron chi connectivity index (χ3n) is 0.914. The summed E-state index contributed by atoms with van der Waals surface area (Å²) in [6.45, 7) is 3.68. The second-order valence-corrected chi connectivity index (χ2v) is 2.37. The number of hydrogen-bond donors (Lipinski definition) is 2. The third kappa shape index (κ3) is 4.19. The number of hydrogen-bond acceptors (Lipinski definition) is 4. The van der Waals surface area contributed by atoms with E-state index < -0.39 is 4.92 Å². The van der Waals surface area contributed by atoms with Gasteiger partial charge in [0.25, 0.3) is 0 Å². The first kappa shape index (κ1) is 9.74.